The number of rotatable bonds is 5. The van der Waals surface area contributed by atoms with Gasteiger partial charge in [-0.05, 0) is 17.7 Å². The highest BCUT2D eigenvalue weighted by atomic mass is 32.1. The fourth-order valence-electron chi connectivity index (χ4n) is 2.06. The number of pyridine rings is 1. The van der Waals surface area contributed by atoms with Crippen LogP contribution < -0.4 is 5.32 Å². The Bertz CT molecular complexity index is 741. The van der Waals surface area contributed by atoms with Crippen LogP contribution in [0.25, 0.3) is 0 Å². The van der Waals surface area contributed by atoms with Crippen LogP contribution in [0.4, 0.5) is 0 Å². The average molecular weight is 309 g/mol. The molecule has 0 aliphatic carbocycles. The van der Waals surface area contributed by atoms with Gasteiger partial charge in [-0.2, -0.15) is 0 Å². The number of benzene rings is 1. The third kappa shape index (κ3) is 3.77. The van der Waals surface area contributed by atoms with Gasteiger partial charge in [-0.25, -0.2) is 4.98 Å². The van der Waals surface area contributed by atoms with Crippen LogP contribution in [0.15, 0.2) is 61.1 Å². The zero-order valence-electron chi connectivity index (χ0n) is 11.9. The highest BCUT2D eigenvalue weighted by Gasteiger charge is 2.07. The van der Waals surface area contributed by atoms with Gasteiger partial charge in [0, 0.05) is 29.9 Å². The van der Waals surface area contributed by atoms with Gasteiger partial charge in [0.05, 0.1) is 12.1 Å². The van der Waals surface area contributed by atoms with Crippen molar-refractivity contribution >= 4 is 17.2 Å². The average Bonchev–Trinajstić information content (AvgIpc) is 3.02. The lowest BCUT2D eigenvalue weighted by Crippen LogP contribution is -2.22. The van der Waals surface area contributed by atoms with E-state index in [0.717, 1.165) is 11.4 Å². The predicted molar refractivity (Wildman–Crippen MR) is 86.8 cm³/mol. The molecule has 3 rings (SSSR count). The summed E-state index contributed by atoms with van der Waals surface area (Å²) >= 11 is 1.62. The maximum Gasteiger partial charge on any atom is 0.253 e. The molecule has 1 amide bonds. The van der Waals surface area contributed by atoms with Gasteiger partial charge in [-0.15, -0.1) is 11.3 Å². The SMILES string of the molecule is O=C(NCc1ncc(Cc2ccccc2)s1)c1cccnc1. The number of nitrogens with zero attached hydrogens (tertiary/aromatic N) is 2. The van der Waals surface area contributed by atoms with Crippen LogP contribution in [0.3, 0.4) is 0 Å². The topological polar surface area (TPSA) is 54.9 Å². The summed E-state index contributed by atoms with van der Waals surface area (Å²) in [5.41, 5.74) is 1.82. The Kier molecular flexibility index (Phi) is 4.56. The van der Waals surface area contributed by atoms with E-state index in [-0.39, 0.29) is 5.91 Å². The molecule has 0 atom stereocenters. The Balaban J connectivity index is 1.57. The number of amides is 1. The number of carbonyl (C=O) groups excluding carboxylic acids is 1. The van der Waals surface area contributed by atoms with E-state index in [2.05, 4.69) is 27.4 Å². The minimum absolute atomic E-state index is 0.132. The molecule has 1 aromatic carbocycles. The molecule has 0 aliphatic heterocycles. The van der Waals surface area contributed by atoms with Gasteiger partial charge in [-0.1, -0.05) is 30.3 Å². The Morgan fingerprint density at radius 3 is 2.73 bits per heavy atom. The number of hydrogen-bond donors (Lipinski definition) is 1. The van der Waals surface area contributed by atoms with E-state index in [1.54, 1.807) is 35.9 Å². The lowest BCUT2D eigenvalue weighted by Gasteiger charge is -2.02. The smallest absolute Gasteiger partial charge is 0.253 e. The van der Waals surface area contributed by atoms with Crippen LogP contribution in [0, 0.1) is 0 Å². The van der Waals surface area contributed by atoms with Crippen molar-refractivity contribution in [2.24, 2.45) is 0 Å². The molecule has 0 aliphatic rings. The molecular weight excluding hydrogens is 294 g/mol. The Labute approximate surface area is 132 Å². The van der Waals surface area contributed by atoms with E-state index in [0.29, 0.717) is 12.1 Å². The van der Waals surface area contributed by atoms with Crippen molar-refractivity contribution in [3.05, 3.63) is 82.1 Å². The maximum atomic E-state index is 11.9. The van der Waals surface area contributed by atoms with Crippen molar-refractivity contribution < 1.29 is 4.79 Å². The number of nitrogens with one attached hydrogen (secondary N) is 1. The van der Waals surface area contributed by atoms with Gasteiger partial charge >= 0.3 is 0 Å². The summed E-state index contributed by atoms with van der Waals surface area (Å²) in [6.07, 6.45) is 5.95. The van der Waals surface area contributed by atoms with Crippen LogP contribution in [0.2, 0.25) is 0 Å². The molecule has 110 valence electrons. The van der Waals surface area contributed by atoms with Gasteiger partial charge in [-0.3, -0.25) is 9.78 Å². The molecule has 22 heavy (non-hydrogen) atoms. The third-order valence-electron chi connectivity index (χ3n) is 3.15. The molecule has 0 fully saturated rings. The first-order chi connectivity index (χ1) is 10.8. The summed E-state index contributed by atoms with van der Waals surface area (Å²) < 4.78 is 0. The number of thiazole rings is 1. The zero-order valence-corrected chi connectivity index (χ0v) is 12.7. The third-order valence-corrected chi connectivity index (χ3v) is 4.14. The van der Waals surface area contributed by atoms with Crippen LogP contribution >= 0.6 is 11.3 Å². The molecule has 0 spiro atoms. The van der Waals surface area contributed by atoms with Crippen molar-refractivity contribution in [3.63, 3.8) is 0 Å². The van der Waals surface area contributed by atoms with Crippen LogP contribution in [-0.4, -0.2) is 15.9 Å². The summed E-state index contributed by atoms with van der Waals surface area (Å²) in [4.78, 5) is 21.4. The highest BCUT2D eigenvalue weighted by molar-refractivity contribution is 7.11. The molecule has 0 saturated heterocycles. The standard InChI is InChI=1S/C17H15N3OS/c21-17(14-7-4-8-18-10-14)20-12-16-19-11-15(22-16)9-13-5-2-1-3-6-13/h1-8,10-11H,9,12H2,(H,20,21). The summed E-state index contributed by atoms with van der Waals surface area (Å²) in [5.74, 6) is -0.132. The zero-order chi connectivity index (χ0) is 15.2. The van der Waals surface area contributed by atoms with E-state index >= 15 is 0 Å². The fraction of sp³-hybridized carbons (Fsp3) is 0.118. The Hall–Kier alpha value is -2.53. The Morgan fingerprint density at radius 1 is 1.09 bits per heavy atom. The number of aromatic nitrogens is 2. The first kappa shape index (κ1) is 14.4. The molecule has 3 aromatic rings. The van der Waals surface area contributed by atoms with Crippen LogP contribution in [-0.2, 0) is 13.0 Å². The predicted octanol–water partition coefficient (Wildman–Crippen LogP) is 3.06. The van der Waals surface area contributed by atoms with Gasteiger partial charge in [0.15, 0.2) is 0 Å². The van der Waals surface area contributed by atoms with Gasteiger partial charge in [0.1, 0.15) is 5.01 Å². The highest BCUT2D eigenvalue weighted by Crippen LogP contribution is 2.17. The molecule has 0 saturated carbocycles. The summed E-state index contributed by atoms with van der Waals surface area (Å²) in [6, 6.07) is 13.8. The van der Waals surface area contributed by atoms with Gasteiger partial charge in [0.25, 0.3) is 5.91 Å². The van der Waals surface area contributed by atoms with Crippen molar-refractivity contribution in [2.45, 2.75) is 13.0 Å². The summed E-state index contributed by atoms with van der Waals surface area (Å²) in [5, 5.41) is 3.77. The number of hydrogen-bond acceptors (Lipinski definition) is 4. The first-order valence-corrected chi connectivity index (χ1v) is 7.78. The number of carbonyl (C=O) groups is 1. The minimum Gasteiger partial charge on any atom is -0.345 e. The molecule has 0 bridgehead atoms. The maximum absolute atomic E-state index is 11.9. The molecule has 1 N–H and O–H groups in total. The van der Waals surface area contributed by atoms with Gasteiger partial charge < -0.3 is 5.32 Å². The fourth-order valence-corrected chi connectivity index (χ4v) is 2.96. The van der Waals surface area contributed by atoms with E-state index in [4.69, 9.17) is 0 Å². The monoisotopic (exact) mass is 309 g/mol. The quantitative estimate of drug-likeness (QED) is 0.788. The van der Waals surface area contributed by atoms with Crippen LogP contribution in [0.1, 0.15) is 25.8 Å². The molecular formula is C17H15N3OS. The molecule has 4 nitrogen and oxygen atoms in total. The minimum atomic E-state index is -0.132. The van der Waals surface area contributed by atoms with Crippen molar-refractivity contribution in [3.8, 4) is 0 Å². The lowest BCUT2D eigenvalue weighted by atomic mass is 10.1. The van der Waals surface area contributed by atoms with Crippen molar-refractivity contribution in [1.29, 1.82) is 0 Å². The second-order valence-electron chi connectivity index (χ2n) is 4.81. The molecule has 2 aromatic heterocycles. The molecule has 0 unspecified atom stereocenters. The largest absolute Gasteiger partial charge is 0.345 e. The second kappa shape index (κ2) is 6.95. The summed E-state index contributed by atoms with van der Waals surface area (Å²) in [6.45, 7) is 0.438. The summed E-state index contributed by atoms with van der Waals surface area (Å²) in [7, 11) is 0. The van der Waals surface area contributed by atoms with E-state index < -0.39 is 0 Å². The van der Waals surface area contributed by atoms with Gasteiger partial charge in [0.2, 0.25) is 0 Å². The van der Waals surface area contributed by atoms with Crippen LogP contribution in [0.5, 0.6) is 0 Å². The van der Waals surface area contributed by atoms with Crippen molar-refractivity contribution in [1.82, 2.24) is 15.3 Å². The van der Waals surface area contributed by atoms with E-state index in [1.165, 1.54) is 10.4 Å². The molecule has 5 heteroatoms. The van der Waals surface area contributed by atoms with E-state index in [1.807, 2.05) is 24.4 Å². The molecule has 2 heterocycles. The Morgan fingerprint density at radius 2 is 1.95 bits per heavy atom. The van der Waals surface area contributed by atoms with Crippen molar-refractivity contribution in [2.75, 3.05) is 0 Å². The van der Waals surface area contributed by atoms with E-state index in [9.17, 15) is 4.79 Å². The normalized spacial score (nSPS) is 10.4. The lowest BCUT2D eigenvalue weighted by molar-refractivity contribution is 0.0950. The first-order valence-electron chi connectivity index (χ1n) is 6.97. The second-order valence-corrected chi connectivity index (χ2v) is 6.01. The molecule has 0 radical (unpaired) electrons.